The smallest absolute Gasteiger partial charge is 0.335 e. The van der Waals surface area contributed by atoms with E-state index in [9.17, 15) is 17.6 Å². The number of carbonyl (C=O) groups is 1. The number of rotatable bonds is 4. The maximum Gasteiger partial charge on any atom is 0.335 e. The number of carboxylic acids is 1. The molecule has 0 radical (unpaired) electrons. The lowest BCUT2D eigenvalue weighted by atomic mass is 10.2. The summed E-state index contributed by atoms with van der Waals surface area (Å²) in [6, 6.07) is 4.33. The molecule has 0 aliphatic carbocycles. The number of aryl methyl sites for hydroxylation is 2. The highest BCUT2D eigenvalue weighted by Gasteiger charge is 2.22. The maximum absolute atomic E-state index is 13.8. The lowest BCUT2D eigenvalue weighted by Crippen LogP contribution is -2.11. The Morgan fingerprint density at radius 1 is 1.38 bits per heavy atom. The first-order valence-electron chi connectivity index (χ1n) is 5.96. The summed E-state index contributed by atoms with van der Waals surface area (Å²) in [4.78, 5) is 10.2. The molecule has 1 aromatic heterocycles. The van der Waals surface area contributed by atoms with Gasteiger partial charge in [-0.3, -0.25) is 4.68 Å². The average molecular weight is 312 g/mol. The first-order valence-corrected chi connectivity index (χ1v) is 7.61. The molecular formula is C13H13FN2O4S. The summed E-state index contributed by atoms with van der Waals surface area (Å²) in [6.45, 7) is 1.72. The zero-order valence-corrected chi connectivity index (χ0v) is 12.2. The summed E-state index contributed by atoms with van der Waals surface area (Å²) in [5.74, 6) is -2.80. The third-order valence-electron chi connectivity index (χ3n) is 2.95. The van der Waals surface area contributed by atoms with E-state index in [1.54, 1.807) is 20.0 Å². The third-order valence-corrected chi connectivity index (χ3v) is 4.63. The van der Waals surface area contributed by atoms with Gasteiger partial charge in [0.15, 0.2) is 9.84 Å². The van der Waals surface area contributed by atoms with E-state index in [2.05, 4.69) is 5.10 Å². The Kier molecular flexibility index (Phi) is 3.82. The molecule has 0 fully saturated rings. The van der Waals surface area contributed by atoms with E-state index in [1.807, 2.05) is 0 Å². The quantitative estimate of drug-likeness (QED) is 0.925. The lowest BCUT2D eigenvalue weighted by molar-refractivity contribution is 0.0696. The zero-order valence-electron chi connectivity index (χ0n) is 11.4. The fourth-order valence-corrected chi connectivity index (χ4v) is 3.40. The SMILES string of the molecule is Cc1cc(CS(=O)(=O)c2ccc(C(=O)O)cc2F)n(C)n1. The highest BCUT2D eigenvalue weighted by Crippen LogP contribution is 2.21. The number of aromatic nitrogens is 2. The molecule has 8 heteroatoms. The summed E-state index contributed by atoms with van der Waals surface area (Å²) in [6.07, 6.45) is 0. The molecule has 1 heterocycles. The molecule has 0 unspecified atom stereocenters. The number of sulfone groups is 1. The Bertz CT molecular complexity index is 812. The van der Waals surface area contributed by atoms with E-state index >= 15 is 0 Å². The maximum atomic E-state index is 13.8. The molecule has 21 heavy (non-hydrogen) atoms. The fourth-order valence-electron chi connectivity index (χ4n) is 1.96. The molecule has 0 aliphatic rings. The predicted molar refractivity (Wildman–Crippen MR) is 72.2 cm³/mol. The van der Waals surface area contributed by atoms with Crippen LogP contribution in [-0.4, -0.2) is 29.3 Å². The second-order valence-electron chi connectivity index (χ2n) is 4.61. The Morgan fingerprint density at radius 2 is 2.05 bits per heavy atom. The number of hydrogen-bond donors (Lipinski definition) is 1. The van der Waals surface area contributed by atoms with Gasteiger partial charge in [-0.05, 0) is 31.2 Å². The Morgan fingerprint density at radius 3 is 2.52 bits per heavy atom. The standard InChI is InChI=1S/C13H13FN2O4S/c1-8-5-10(16(2)15-8)7-21(19,20)12-4-3-9(13(17)18)6-11(12)14/h3-6H,7H2,1-2H3,(H,17,18). The Hall–Kier alpha value is -2.22. The van der Waals surface area contributed by atoms with E-state index in [0.717, 1.165) is 12.1 Å². The van der Waals surface area contributed by atoms with Crippen molar-refractivity contribution in [2.24, 2.45) is 7.05 Å². The van der Waals surface area contributed by atoms with Crippen LogP contribution in [0.3, 0.4) is 0 Å². The fraction of sp³-hybridized carbons (Fsp3) is 0.231. The third kappa shape index (κ3) is 3.10. The normalized spacial score (nSPS) is 11.6. The van der Waals surface area contributed by atoms with Crippen LogP contribution in [0.25, 0.3) is 0 Å². The topological polar surface area (TPSA) is 89.3 Å². The molecular weight excluding hydrogens is 299 g/mol. The molecule has 0 saturated heterocycles. The lowest BCUT2D eigenvalue weighted by Gasteiger charge is -2.07. The first kappa shape index (κ1) is 15.2. The minimum atomic E-state index is -3.92. The van der Waals surface area contributed by atoms with Crippen molar-refractivity contribution in [2.75, 3.05) is 0 Å². The Labute approximate surface area is 120 Å². The van der Waals surface area contributed by atoms with Crippen molar-refractivity contribution in [3.8, 4) is 0 Å². The average Bonchev–Trinajstić information content (AvgIpc) is 2.66. The molecule has 2 rings (SSSR count). The van der Waals surface area contributed by atoms with Crippen molar-refractivity contribution in [1.82, 2.24) is 9.78 Å². The van der Waals surface area contributed by atoms with Crippen LogP contribution in [0.4, 0.5) is 4.39 Å². The summed E-state index contributed by atoms with van der Waals surface area (Å²) in [5, 5.41) is 12.8. The van der Waals surface area contributed by atoms with Crippen LogP contribution in [0.2, 0.25) is 0 Å². The van der Waals surface area contributed by atoms with Crippen LogP contribution >= 0.6 is 0 Å². The van der Waals surface area contributed by atoms with Gasteiger partial charge in [-0.1, -0.05) is 0 Å². The summed E-state index contributed by atoms with van der Waals surface area (Å²) >= 11 is 0. The van der Waals surface area contributed by atoms with Gasteiger partial charge in [-0.15, -0.1) is 0 Å². The van der Waals surface area contributed by atoms with Crippen LogP contribution in [0.15, 0.2) is 29.2 Å². The van der Waals surface area contributed by atoms with E-state index in [4.69, 9.17) is 5.11 Å². The van der Waals surface area contributed by atoms with Crippen LogP contribution in [0.5, 0.6) is 0 Å². The van der Waals surface area contributed by atoms with Crippen LogP contribution < -0.4 is 0 Å². The predicted octanol–water partition coefficient (Wildman–Crippen LogP) is 1.54. The number of benzene rings is 1. The van der Waals surface area contributed by atoms with Crippen LogP contribution in [-0.2, 0) is 22.6 Å². The summed E-state index contributed by atoms with van der Waals surface area (Å²) < 4.78 is 39.7. The minimum absolute atomic E-state index is 0.303. The van der Waals surface area contributed by atoms with Crippen molar-refractivity contribution in [2.45, 2.75) is 17.6 Å². The Balaban J connectivity index is 2.40. The van der Waals surface area contributed by atoms with E-state index in [0.29, 0.717) is 17.5 Å². The molecule has 0 atom stereocenters. The van der Waals surface area contributed by atoms with Crippen molar-refractivity contribution >= 4 is 15.8 Å². The summed E-state index contributed by atoms with van der Waals surface area (Å²) in [7, 11) is -2.33. The van der Waals surface area contributed by atoms with Gasteiger partial charge in [-0.25, -0.2) is 17.6 Å². The molecule has 0 spiro atoms. The first-order chi connectivity index (χ1) is 9.70. The second-order valence-corrected chi connectivity index (χ2v) is 6.57. The van der Waals surface area contributed by atoms with Gasteiger partial charge >= 0.3 is 5.97 Å². The number of nitrogens with zero attached hydrogens (tertiary/aromatic N) is 2. The zero-order chi connectivity index (χ0) is 15.8. The molecule has 0 bridgehead atoms. The number of halogens is 1. The highest BCUT2D eigenvalue weighted by atomic mass is 32.2. The second kappa shape index (κ2) is 5.28. The van der Waals surface area contributed by atoms with Crippen molar-refractivity contribution < 1.29 is 22.7 Å². The monoisotopic (exact) mass is 312 g/mol. The number of carboxylic acid groups (broad SMARTS) is 1. The van der Waals surface area contributed by atoms with Gasteiger partial charge in [0.2, 0.25) is 0 Å². The van der Waals surface area contributed by atoms with Gasteiger partial charge in [0.05, 0.1) is 22.7 Å². The molecule has 0 saturated carbocycles. The van der Waals surface area contributed by atoms with Crippen molar-refractivity contribution in [1.29, 1.82) is 0 Å². The van der Waals surface area contributed by atoms with E-state index in [1.165, 1.54) is 4.68 Å². The van der Waals surface area contributed by atoms with E-state index in [-0.39, 0.29) is 5.56 Å². The van der Waals surface area contributed by atoms with E-state index < -0.39 is 32.3 Å². The van der Waals surface area contributed by atoms with Crippen molar-refractivity contribution in [3.63, 3.8) is 0 Å². The number of aromatic carboxylic acids is 1. The molecule has 1 N–H and O–H groups in total. The number of hydrogen-bond acceptors (Lipinski definition) is 4. The molecule has 0 amide bonds. The molecule has 112 valence electrons. The molecule has 6 nitrogen and oxygen atoms in total. The van der Waals surface area contributed by atoms with Gasteiger partial charge in [0.1, 0.15) is 10.7 Å². The van der Waals surface area contributed by atoms with Gasteiger partial charge in [0, 0.05) is 7.05 Å². The van der Waals surface area contributed by atoms with Crippen LogP contribution in [0.1, 0.15) is 21.7 Å². The van der Waals surface area contributed by atoms with Gasteiger partial charge in [-0.2, -0.15) is 5.10 Å². The largest absolute Gasteiger partial charge is 0.478 e. The molecule has 2 aromatic rings. The molecule has 0 aliphatic heterocycles. The highest BCUT2D eigenvalue weighted by molar-refractivity contribution is 7.90. The van der Waals surface area contributed by atoms with Gasteiger partial charge < -0.3 is 5.11 Å². The minimum Gasteiger partial charge on any atom is -0.478 e. The summed E-state index contributed by atoms with van der Waals surface area (Å²) in [5.41, 5.74) is 0.779. The van der Waals surface area contributed by atoms with Crippen LogP contribution in [0, 0.1) is 12.7 Å². The molecule has 1 aromatic carbocycles. The van der Waals surface area contributed by atoms with Gasteiger partial charge in [0.25, 0.3) is 0 Å². The van der Waals surface area contributed by atoms with Crippen molar-refractivity contribution in [3.05, 3.63) is 47.0 Å².